The number of nitrogens with one attached hydrogen (secondary N) is 2. The van der Waals surface area contributed by atoms with Gasteiger partial charge in [0.25, 0.3) is 5.91 Å². The van der Waals surface area contributed by atoms with Crippen LogP contribution >= 0.6 is 11.6 Å². The largest absolute Gasteiger partial charge is 0.395 e. The third kappa shape index (κ3) is 5.14. The van der Waals surface area contributed by atoms with Crippen molar-refractivity contribution in [2.45, 2.75) is 18.9 Å². The van der Waals surface area contributed by atoms with E-state index in [0.717, 1.165) is 48.4 Å². The second-order valence-electron chi connectivity index (χ2n) is 8.56. The van der Waals surface area contributed by atoms with Gasteiger partial charge in [-0.3, -0.25) is 4.79 Å². The number of aliphatic hydroxyl groups excluding tert-OH is 1. The summed E-state index contributed by atoms with van der Waals surface area (Å²) in [4.78, 5) is 20.1. The molecular formula is C26H27ClN6O2. The summed E-state index contributed by atoms with van der Waals surface area (Å²) >= 11 is 6.16. The highest BCUT2D eigenvalue weighted by molar-refractivity contribution is 6.30. The van der Waals surface area contributed by atoms with Crippen LogP contribution in [0.1, 0.15) is 23.3 Å². The molecule has 1 amide bonds. The molecular weight excluding hydrogens is 464 g/mol. The number of piperidine rings is 1. The van der Waals surface area contributed by atoms with Crippen molar-refractivity contribution < 1.29 is 9.90 Å². The van der Waals surface area contributed by atoms with Crippen LogP contribution in [0.25, 0.3) is 16.8 Å². The van der Waals surface area contributed by atoms with Crippen LogP contribution in [-0.2, 0) is 0 Å². The SMILES string of the molecule is O=C(Nc1ccccc1N1CCC(NCCO)CC1)c1ccn2ncc(-c3cccc(Cl)c3)c2n1. The van der Waals surface area contributed by atoms with Crippen LogP contribution in [0, 0.1) is 0 Å². The van der Waals surface area contributed by atoms with E-state index in [1.165, 1.54) is 0 Å². The molecule has 1 aliphatic heterocycles. The highest BCUT2D eigenvalue weighted by Crippen LogP contribution is 2.29. The minimum atomic E-state index is -0.280. The van der Waals surface area contributed by atoms with Crippen molar-refractivity contribution in [3.8, 4) is 11.1 Å². The molecule has 8 nitrogen and oxygen atoms in total. The number of aromatic nitrogens is 3. The Morgan fingerprint density at radius 3 is 2.74 bits per heavy atom. The van der Waals surface area contributed by atoms with E-state index in [2.05, 4.69) is 25.6 Å². The molecule has 2 aromatic carbocycles. The van der Waals surface area contributed by atoms with Gasteiger partial charge in [-0.15, -0.1) is 0 Å². The smallest absolute Gasteiger partial charge is 0.274 e. The molecule has 1 aliphatic rings. The number of amides is 1. The molecule has 1 saturated heterocycles. The quantitative estimate of drug-likeness (QED) is 0.364. The number of anilines is 2. The van der Waals surface area contributed by atoms with E-state index in [0.29, 0.717) is 29.0 Å². The van der Waals surface area contributed by atoms with Crippen LogP contribution in [0.15, 0.2) is 67.0 Å². The average molecular weight is 491 g/mol. The summed E-state index contributed by atoms with van der Waals surface area (Å²) in [5, 5.41) is 20.5. The molecule has 3 heterocycles. The lowest BCUT2D eigenvalue weighted by Gasteiger charge is -2.35. The molecule has 0 saturated carbocycles. The predicted octanol–water partition coefficient (Wildman–Crippen LogP) is 3.85. The zero-order valence-corrected chi connectivity index (χ0v) is 19.9. The number of para-hydroxylation sites is 2. The zero-order valence-electron chi connectivity index (χ0n) is 19.2. The van der Waals surface area contributed by atoms with E-state index in [1.54, 1.807) is 23.0 Å². The van der Waals surface area contributed by atoms with Crippen molar-refractivity contribution in [2.75, 3.05) is 36.5 Å². The predicted molar refractivity (Wildman–Crippen MR) is 138 cm³/mol. The fourth-order valence-electron chi connectivity index (χ4n) is 4.49. The summed E-state index contributed by atoms with van der Waals surface area (Å²) in [5.74, 6) is -0.280. The lowest BCUT2D eigenvalue weighted by atomic mass is 10.0. The maximum atomic E-state index is 13.2. The van der Waals surface area contributed by atoms with Gasteiger partial charge in [0.15, 0.2) is 5.65 Å². The summed E-state index contributed by atoms with van der Waals surface area (Å²) < 4.78 is 1.65. The number of carbonyl (C=O) groups is 1. The Morgan fingerprint density at radius 2 is 1.94 bits per heavy atom. The normalized spacial score (nSPS) is 14.4. The second-order valence-corrected chi connectivity index (χ2v) is 9.00. The van der Waals surface area contributed by atoms with Crippen LogP contribution < -0.4 is 15.5 Å². The molecule has 0 atom stereocenters. The molecule has 5 rings (SSSR count). The van der Waals surface area contributed by atoms with E-state index in [1.807, 2.05) is 48.5 Å². The number of carbonyl (C=O) groups excluding carboxylic acids is 1. The first kappa shape index (κ1) is 23.3. The summed E-state index contributed by atoms with van der Waals surface area (Å²) in [5.41, 5.74) is 4.34. The fraction of sp³-hybridized carbons (Fsp3) is 0.269. The van der Waals surface area contributed by atoms with Gasteiger partial charge < -0.3 is 20.6 Å². The highest BCUT2D eigenvalue weighted by Gasteiger charge is 2.22. The van der Waals surface area contributed by atoms with Crippen LogP contribution in [0.2, 0.25) is 5.02 Å². The molecule has 3 N–H and O–H groups in total. The van der Waals surface area contributed by atoms with Gasteiger partial charge in [-0.25, -0.2) is 9.50 Å². The van der Waals surface area contributed by atoms with E-state index >= 15 is 0 Å². The van der Waals surface area contributed by atoms with Crippen LogP contribution in [0.4, 0.5) is 11.4 Å². The van der Waals surface area contributed by atoms with Crippen molar-refractivity contribution in [3.05, 3.63) is 77.7 Å². The Hall–Kier alpha value is -3.46. The molecule has 35 heavy (non-hydrogen) atoms. The van der Waals surface area contributed by atoms with E-state index in [-0.39, 0.29) is 12.5 Å². The van der Waals surface area contributed by atoms with Gasteiger partial charge in [-0.1, -0.05) is 35.9 Å². The average Bonchev–Trinajstić information content (AvgIpc) is 3.31. The van der Waals surface area contributed by atoms with Gasteiger partial charge in [0.05, 0.1) is 24.2 Å². The zero-order chi connectivity index (χ0) is 24.2. The molecule has 0 unspecified atom stereocenters. The fourth-order valence-corrected chi connectivity index (χ4v) is 4.68. The number of hydrogen-bond donors (Lipinski definition) is 3. The maximum absolute atomic E-state index is 13.2. The molecule has 9 heteroatoms. The first-order chi connectivity index (χ1) is 17.1. The van der Waals surface area contributed by atoms with Crippen molar-refractivity contribution >= 4 is 34.5 Å². The standard InChI is InChI=1S/C26H27ClN6O2/c27-19-5-3-4-18(16-19)21-17-29-33-14-10-23(30-25(21)33)26(35)31-22-6-1-2-7-24(22)32-12-8-20(9-13-32)28-11-15-34/h1-7,10,14,16-17,20,28,34H,8-9,11-13,15H2,(H,31,35). The number of fused-ring (bicyclic) bond motifs is 1. The van der Waals surface area contributed by atoms with Crippen molar-refractivity contribution in [1.29, 1.82) is 0 Å². The molecule has 0 aliphatic carbocycles. The van der Waals surface area contributed by atoms with E-state index in [4.69, 9.17) is 16.7 Å². The van der Waals surface area contributed by atoms with Gasteiger partial charge in [-0.05, 0) is 48.7 Å². The van der Waals surface area contributed by atoms with Crippen molar-refractivity contribution in [2.24, 2.45) is 0 Å². The third-order valence-electron chi connectivity index (χ3n) is 6.27. The Kier molecular flexibility index (Phi) is 6.94. The van der Waals surface area contributed by atoms with Crippen molar-refractivity contribution in [3.63, 3.8) is 0 Å². The summed E-state index contributed by atoms with van der Waals surface area (Å²) in [6.07, 6.45) is 5.42. The molecule has 0 bridgehead atoms. The summed E-state index contributed by atoms with van der Waals surface area (Å²) in [6.45, 7) is 2.51. The van der Waals surface area contributed by atoms with Crippen molar-refractivity contribution in [1.82, 2.24) is 19.9 Å². The minimum absolute atomic E-state index is 0.148. The van der Waals surface area contributed by atoms with E-state index in [9.17, 15) is 4.79 Å². The Bertz CT molecular complexity index is 1330. The lowest BCUT2D eigenvalue weighted by molar-refractivity contribution is 0.102. The van der Waals surface area contributed by atoms with Gasteiger partial charge in [0.1, 0.15) is 5.69 Å². The monoisotopic (exact) mass is 490 g/mol. The number of aliphatic hydroxyl groups is 1. The van der Waals surface area contributed by atoms with Crippen LogP contribution in [0.5, 0.6) is 0 Å². The molecule has 2 aromatic heterocycles. The van der Waals surface area contributed by atoms with Gasteiger partial charge >= 0.3 is 0 Å². The van der Waals surface area contributed by atoms with E-state index < -0.39 is 0 Å². The second kappa shape index (κ2) is 10.4. The Labute approximate surface area is 208 Å². The Balaban J connectivity index is 1.35. The van der Waals surface area contributed by atoms with Gasteiger partial charge in [-0.2, -0.15) is 5.10 Å². The maximum Gasteiger partial charge on any atom is 0.274 e. The molecule has 180 valence electrons. The number of hydrogen-bond acceptors (Lipinski definition) is 6. The molecule has 0 spiro atoms. The molecule has 4 aromatic rings. The van der Waals surface area contributed by atoms with Gasteiger partial charge in [0.2, 0.25) is 0 Å². The van der Waals surface area contributed by atoms with Gasteiger partial charge in [0, 0.05) is 42.5 Å². The summed E-state index contributed by atoms with van der Waals surface area (Å²) in [6, 6.07) is 17.4. The first-order valence-corrected chi connectivity index (χ1v) is 12.1. The van der Waals surface area contributed by atoms with Crippen LogP contribution in [0.3, 0.4) is 0 Å². The third-order valence-corrected chi connectivity index (χ3v) is 6.51. The molecule has 0 radical (unpaired) electrons. The number of rotatable bonds is 7. The van der Waals surface area contributed by atoms with Crippen LogP contribution in [-0.4, -0.2) is 57.9 Å². The minimum Gasteiger partial charge on any atom is -0.395 e. The molecule has 1 fully saturated rings. The number of benzene rings is 2. The first-order valence-electron chi connectivity index (χ1n) is 11.7. The highest BCUT2D eigenvalue weighted by atomic mass is 35.5. The number of halogens is 1. The summed E-state index contributed by atoms with van der Waals surface area (Å²) in [7, 11) is 0. The number of nitrogens with zero attached hydrogens (tertiary/aromatic N) is 4. The Morgan fingerprint density at radius 1 is 1.11 bits per heavy atom. The topological polar surface area (TPSA) is 94.8 Å². The lowest BCUT2D eigenvalue weighted by Crippen LogP contribution is -2.43.